The van der Waals surface area contributed by atoms with Gasteiger partial charge in [-0.2, -0.15) is 0 Å². The van der Waals surface area contributed by atoms with Gasteiger partial charge in [0.15, 0.2) is 0 Å². The van der Waals surface area contributed by atoms with Gasteiger partial charge in [-0.05, 0) is 28.3 Å². The van der Waals surface area contributed by atoms with Crippen molar-refractivity contribution in [3.05, 3.63) is 83.9 Å². The van der Waals surface area contributed by atoms with Gasteiger partial charge in [0.05, 0.1) is 0 Å². The van der Waals surface area contributed by atoms with Gasteiger partial charge < -0.3 is 1.43 Å². The summed E-state index contributed by atoms with van der Waals surface area (Å²) in [6, 6.07) is 25.7. The second-order valence-corrected chi connectivity index (χ2v) is 4.30. The number of hydrogen-bond acceptors (Lipinski definition) is 0. The zero-order chi connectivity index (χ0) is 11.5. The maximum absolute atomic E-state index is 2.22. The molecule has 0 spiro atoms. The molecule has 0 saturated carbocycles. The van der Waals surface area contributed by atoms with Crippen LogP contribution in [-0.4, -0.2) is 0 Å². The molecule has 3 aromatic carbocycles. The van der Waals surface area contributed by atoms with Crippen LogP contribution in [0.25, 0.3) is 10.8 Å². The largest absolute Gasteiger partial charge is 1.00 e. The summed E-state index contributed by atoms with van der Waals surface area (Å²) in [5.41, 5.74) is 2.76. The summed E-state index contributed by atoms with van der Waals surface area (Å²) in [4.78, 5) is 0. The van der Waals surface area contributed by atoms with Crippen LogP contribution in [0, 0.1) is 0 Å². The minimum absolute atomic E-state index is 0. The summed E-state index contributed by atoms with van der Waals surface area (Å²) in [6.07, 6.45) is 1.00. The fourth-order valence-corrected chi connectivity index (χ4v) is 2.26. The summed E-state index contributed by atoms with van der Waals surface area (Å²) in [6.45, 7) is 0. The zero-order valence-corrected chi connectivity index (χ0v) is 12.6. The van der Waals surface area contributed by atoms with Crippen molar-refractivity contribution in [3.63, 3.8) is 0 Å². The Morgan fingerprint density at radius 3 is 2.17 bits per heavy atom. The molecule has 0 atom stereocenters. The SMILES string of the molecule is [H-].[Na+].c1ccc(Cc2cccc3ccccc23)cc1. The topological polar surface area (TPSA) is 0 Å². The van der Waals surface area contributed by atoms with E-state index < -0.39 is 0 Å². The van der Waals surface area contributed by atoms with Gasteiger partial charge in [-0.25, -0.2) is 0 Å². The fourth-order valence-electron chi connectivity index (χ4n) is 2.26. The van der Waals surface area contributed by atoms with Gasteiger partial charge in [0.1, 0.15) is 0 Å². The molecule has 0 unspecified atom stereocenters. The van der Waals surface area contributed by atoms with Crippen LogP contribution in [0.5, 0.6) is 0 Å². The molecule has 0 aliphatic heterocycles. The minimum Gasteiger partial charge on any atom is -1.00 e. The molecule has 0 amide bonds. The molecular formula is C17H15Na. The molecule has 0 nitrogen and oxygen atoms in total. The third-order valence-corrected chi connectivity index (χ3v) is 3.12. The molecule has 18 heavy (non-hydrogen) atoms. The van der Waals surface area contributed by atoms with Crippen molar-refractivity contribution >= 4 is 10.8 Å². The maximum Gasteiger partial charge on any atom is 1.00 e. The summed E-state index contributed by atoms with van der Waals surface area (Å²) in [7, 11) is 0. The fraction of sp³-hybridized carbons (Fsp3) is 0.0588. The quantitative estimate of drug-likeness (QED) is 0.598. The van der Waals surface area contributed by atoms with E-state index in [1.165, 1.54) is 21.9 Å². The molecule has 0 radical (unpaired) electrons. The summed E-state index contributed by atoms with van der Waals surface area (Å²) in [5.74, 6) is 0. The molecule has 0 saturated heterocycles. The third-order valence-electron chi connectivity index (χ3n) is 3.12. The Hall–Kier alpha value is -1.08. The predicted octanol–water partition coefficient (Wildman–Crippen LogP) is 1.55. The van der Waals surface area contributed by atoms with Gasteiger partial charge in [0, 0.05) is 0 Å². The van der Waals surface area contributed by atoms with E-state index in [1.807, 2.05) is 0 Å². The van der Waals surface area contributed by atoms with Crippen molar-refractivity contribution < 1.29 is 31.0 Å². The molecular weight excluding hydrogens is 227 g/mol. The van der Waals surface area contributed by atoms with Crippen molar-refractivity contribution in [1.82, 2.24) is 0 Å². The second kappa shape index (κ2) is 6.19. The molecule has 0 N–H and O–H groups in total. The zero-order valence-electron chi connectivity index (χ0n) is 11.6. The van der Waals surface area contributed by atoms with E-state index >= 15 is 0 Å². The van der Waals surface area contributed by atoms with Crippen LogP contribution >= 0.6 is 0 Å². The van der Waals surface area contributed by atoms with Gasteiger partial charge in [0.2, 0.25) is 0 Å². The van der Waals surface area contributed by atoms with Gasteiger partial charge in [-0.3, -0.25) is 0 Å². The van der Waals surface area contributed by atoms with Gasteiger partial charge in [-0.1, -0.05) is 72.8 Å². The number of hydrogen-bond donors (Lipinski definition) is 0. The molecule has 0 fully saturated rings. The van der Waals surface area contributed by atoms with Crippen molar-refractivity contribution in [2.24, 2.45) is 0 Å². The Labute approximate surface area is 131 Å². The second-order valence-electron chi connectivity index (χ2n) is 4.30. The molecule has 0 aliphatic carbocycles. The van der Waals surface area contributed by atoms with Crippen LogP contribution in [-0.2, 0) is 6.42 Å². The van der Waals surface area contributed by atoms with Crippen molar-refractivity contribution in [2.75, 3.05) is 0 Å². The summed E-state index contributed by atoms with van der Waals surface area (Å²) in [5, 5.41) is 2.68. The van der Waals surface area contributed by atoms with E-state index in [0.29, 0.717) is 0 Å². The van der Waals surface area contributed by atoms with Gasteiger partial charge >= 0.3 is 29.6 Å². The van der Waals surface area contributed by atoms with Crippen LogP contribution in [0.1, 0.15) is 12.6 Å². The van der Waals surface area contributed by atoms with E-state index in [1.54, 1.807) is 0 Å². The van der Waals surface area contributed by atoms with E-state index in [4.69, 9.17) is 0 Å². The van der Waals surface area contributed by atoms with E-state index in [9.17, 15) is 0 Å². The van der Waals surface area contributed by atoms with E-state index in [0.717, 1.165) is 6.42 Å². The van der Waals surface area contributed by atoms with E-state index in [-0.39, 0.29) is 31.0 Å². The summed E-state index contributed by atoms with van der Waals surface area (Å²) < 4.78 is 0. The van der Waals surface area contributed by atoms with Crippen molar-refractivity contribution in [2.45, 2.75) is 6.42 Å². The number of fused-ring (bicyclic) bond motifs is 1. The molecule has 0 aliphatic rings. The number of rotatable bonds is 2. The first-order valence-corrected chi connectivity index (χ1v) is 5.94. The van der Waals surface area contributed by atoms with Crippen LogP contribution in [0.3, 0.4) is 0 Å². The number of benzene rings is 3. The smallest absolute Gasteiger partial charge is 1.00 e. The van der Waals surface area contributed by atoms with E-state index in [2.05, 4.69) is 72.8 Å². The van der Waals surface area contributed by atoms with Crippen molar-refractivity contribution in [1.29, 1.82) is 0 Å². The van der Waals surface area contributed by atoms with Crippen LogP contribution in [0.2, 0.25) is 0 Å². The van der Waals surface area contributed by atoms with Gasteiger partial charge in [-0.15, -0.1) is 0 Å². The summed E-state index contributed by atoms with van der Waals surface area (Å²) >= 11 is 0. The first-order chi connectivity index (χ1) is 8.43. The average molecular weight is 242 g/mol. The average Bonchev–Trinajstić information content (AvgIpc) is 2.40. The molecule has 0 aromatic heterocycles. The Kier molecular flexibility index (Phi) is 4.60. The first kappa shape index (κ1) is 13.4. The molecule has 3 rings (SSSR count). The Morgan fingerprint density at radius 1 is 0.667 bits per heavy atom. The minimum atomic E-state index is 0. The van der Waals surface area contributed by atoms with Gasteiger partial charge in [0.25, 0.3) is 0 Å². The molecule has 0 bridgehead atoms. The Morgan fingerprint density at radius 2 is 1.33 bits per heavy atom. The molecule has 1 heteroatoms. The molecule has 3 aromatic rings. The monoisotopic (exact) mass is 242 g/mol. The van der Waals surface area contributed by atoms with Crippen LogP contribution in [0.4, 0.5) is 0 Å². The standard InChI is InChI=1S/C17H14.Na.H/c1-2-7-14(8-3-1)13-16-11-6-10-15-9-4-5-12-17(15)16;;/h1-12H,13H2;;/q;+1;-1. The Bertz CT molecular complexity index is 630. The molecule has 84 valence electrons. The van der Waals surface area contributed by atoms with Crippen LogP contribution < -0.4 is 29.6 Å². The van der Waals surface area contributed by atoms with Crippen molar-refractivity contribution in [3.8, 4) is 0 Å². The van der Waals surface area contributed by atoms with Crippen LogP contribution in [0.15, 0.2) is 72.8 Å². The Balaban J connectivity index is 0.000000902. The molecule has 0 heterocycles. The first-order valence-electron chi connectivity index (χ1n) is 5.94. The maximum atomic E-state index is 2.22. The normalized spacial score (nSPS) is 10.0. The predicted molar refractivity (Wildman–Crippen MR) is 74.3 cm³/mol. The third kappa shape index (κ3) is 2.84.